The summed E-state index contributed by atoms with van der Waals surface area (Å²) in [6.45, 7) is 0. The van der Waals surface area contributed by atoms with E-state index < -0.39 is 0 Å². The van der Waals surface area contributed by atoms with Crippen LogP contribution in [0.4, 0.5) is 10.1 Å². The van der Waals surface area contributed by atoms with Crippen LogP contribution in [0.5, 0.6) is 5.75 Å². The van der Waals surface area contributed by atoms with Gasteiger partial charge in [0.2, 0.25) is 0 Å². The molecule has 0 saturated carbocycles. The smallest absolute Gasteiger partial charge is 0.135 e. The molecule has 2 N–H and O–H groups in total. The molecule has 0 aliphatic rings. The molecule has 0 aromatic heterocycles. The Kier molecular flexibility index (Phi) is 3.07. The third-order valence-corrected chi connectivity index (χ3v) is 5.13. The molecule has 3 heteroatoms. The Hall–Kier alpha value is -3.33. The van der Waals surface area contributed by atoms with Crippen molar-refractivity contribution in [3.8, 4) is 16.9 Å². The van der Waals surface area contributed by atoms with E-state index in [1.807, 2.05) is 54.6 Å². The first-order valence-electron chi connectivity index (χ1n) is 8.48. The molecule has 0 heterocycles. The highest BCUT2D eigenvalue weighted by atomic mass is 19.1. The molecular formula is C23H16FNO. The molecule has 0 spiro atoms. The molecule has 0 radical (unpaired) electrons. The first-order valence-corrected chi connectivity index (χ1v) is 8.48. The second-order valence-corrected chi connectivity index (χ2v) is 6.49. The van der Waals surface area contributed by atoms with Crippen LogP contribution in [0.3, 0.4) is 0 Å². The van der Waals surface area contributed by atoms with Crippen molar-refractivity contribution < 1.29 is 9.13 Å². The van der Waals surface area contributed by atoms with Crippen LogP contribution in [0.2, 0.25) is 0 Å². The molecule has 26 heavy (non-hydrogen) atoms. The minimum absolute atomic E-state index is 0.218. The molecule has 0 aliphatic carbocycles. The van der Waals surface area contributed by atoms with Crippen LogP contribution in [0, 0.1) is 5.82 Å². The van der Waals surface area contributed by atoms with Crippen molar-refractivity contribution in [2.45, 2.75) is 0 Å². The molecule has 0 fully saturated rings. The SMILES string of the molecule is COc1c(-c2ccccc2N)c2cccc3cc(F)c4cccc1c4c32. The number of halogens is 1. The molecule has 5 aromatic rings. The molecule has 126 valence electrons. The number of hydrogen-bond donors (Lipinski definition) is 1. The second-order valence-electron chi connectivity index (χ2n) is 6.49. The van der Waals surface area contributed by atoms with Gasteiger partial charge < -0.3 is 10.5 Å². The summed E-state index contributed by atoms with van der Waals surface area (Å²) in [6.07, 6.45) is 0. The highest BCUT2D eigenvalue weighted by Crippen LogP contribution is 2.48. The van der Waals surface area contributed by atoms with Gasteiger partial charge >= 0.3 is 0 Å². The maximum Gasteiger partial charge on any atom is 0.135 e. The lowest BCUT2D eigenvalue weighted by Gasteiger charge is -2.20. The average Bonchev–Trinajstić information content (AvgIpc) is 2.66. The standard InChI is InChI=1S/C23H16FNO/c1-26-23-17-10-5-8-14-18(24)12-13-6-4-9-16(20(13)21(14)17)22(23)15-7-2-3-11-19(15)25/h2-12H,25H2,1H3. The molecule has 5 rings (SSSR count). The van der Waals surface area contributed by atoms with Gasteiger partial charge in [0.25, 0.3) is 0 Å². The monoisotopic (exact) mass is 341 g/mol. The molecule has 5 aromatic carbocycles. The van der Waals surface area contributed by atoms with Gasteiger partial charge in [-0.15, -0.1) is 0 Å². The van der Waals surface area contributed by atoms with Crippen molar-refractivity contribution in [1.82, 2.24) is 0 Å². The zero-order valence-electron chi connectivity index (χ0n) is 14.2. The average molecular weight is 341 g/mol. The van der Waals surface area contributed by atoms with Gasteiger partial charge in [-0.25, -0.2) is 4.39 Å². The summed E-state index contributed by atoms with van der Waals surface area (Å²) in [4.78, 5) is 0. The molecule has 0 saturated heterocycles. The van der Waals surface area contributed by atoms with Gasteiger partial charge in [0, 0.05) is 33.0 Å². The lowest BCUT2D eigenvalue weighted by atomic mass is 9.87. The predicted molar refractivity (Wildman–Crippen MR) is 107 cm³/mol. The van der Waals surface area contributed by atoms with Crippen LogP contribution in [0.1, 0.15) is 0 Å². The number of rotatable bonds is 2. The van der Waals surface area contributed by atoms with Crippen LogP contribution in [-0.2, 0) is 0 Å². The number of nitrogen functional groups attached to an aromatic ring is 1. The van der Waals surface area contributed by atoms with Gasteiger partial charge in [0.1, 0.15) is 11.6 Å². The number of ether oxygens (including phenoxy) is 1. The van der Waals surface area contributed by atoms with Gasteiger partial charge in [-0.2, -0.15) is 0 Å². The lowest BCUT2D eigenvalue weighted by Crippen LogP contribution is -1.97. The Balaban J connectivity index is 2.13. The third-order valence-electron chi connectivity index (χ3n) is 5.13. The fourth-order valence-corrected chi connectivity index (χ4v) is 4.06. The van der Waals surface area contributed by atoms with E-state index in [0.717, 1.165) is 43.8 Å². The Bertz CT molecular complexity index is 1290. The number of nitrogens with two attached hydrogens (primary N) is 1. The van der Waals surface area contributed by atoms with Crippen molar-refractivity contribution in [3.05, 3.63) is 72.5 Å². The molecular weight excluding hydrogens is 325 g/mol. The Morgan fingerprint density at radius 3 is 2.35 bits per heavy atom. The number of hydrogen-bond acceptors (Lipinski definition) is 2. The topological polar surface area (TPSA) is 35.2 Å². The molecule has 0 bridgehead atoms. The zero-order chi connectivity index (χ0) is 17.8. The van der Waals surface area contributed by atoms with E-state index in [4.69, 9.17) is 10.5 Å². The summed E-state index contributed by atoms with van der Waals surface area (Å²) < 4.78 is 20.5. The van der Waals surface area contributed by atoms with E-state index in [2.05, 4.69) is 6.07 Å². The summed E-state index contributed by atoms with van der Waals surface area (Å²) in [5.41, 5.74) is 8.84. The first kappa shape index (κ1) is 15.0. The van der Waals surface area contributed by atoms with E-state index in [9.17, 15) is 4.39 Å². The summed E-state index contributed by atoms with van der Waals surface area (Å²) >= 11 is 0. The highest BCUT2D eigenvalue weighted by Gasteiger charge is 2.21. The maximum atomic E-state index is 14.7. The molecule has 0 aliphatic heterocycles. The quantitative estimate of drug-likeness (QED) is 0.316. The van der Waals surface area contributed by atoms with Crippen LogP contribution in [0.15, 0.2) is 66.7 Å². The lowest BCUT2D eigenvalue weighted by molar-refractivity contribution is 0.422. The fraction of sp³-hybridized carbons (Fsp3) is 0.0435. The highest BCUT2D eigenvalue weighted by molar-refractivity contribution is 6.29. The second kappa shape index (κ2) is 5.33. The van der Waals surface area contributed by atoms with Crippen molar-refractivity contribution in [3.63, 3.8) is 0 Å². The Morgan fingerprint density at radius 2 is 1.54 bits per heavy atom. The van der Waals surface area contributed by atoms with E-state index >= 15 is 0 Å². The maximum absolute atomic E-state index is 14.7. The van der Waals surface area contributed by atoms with E-state index in [1.54, 1.807) is 13.2 Å². The van der Waals surface area contributed by atoms with E-state index in [1.165, 1.54) is 0 Å². The van der Waals surface area contributed by atoms with Crippen LogP contribution in [0.25, 0.3) is 43.4 Å². The first-order chi connectivity index (χ1) is 12.7. The minimum atomic E-state index is -0.218. The summed E-state index contributed by atoms with van der Waals surface area (Å²) in [5.74, 6) is 0.503. The number of para-hydroxylation sites is 1. The number of anilines is 1. The number of benzene rings is 5. The van der Waals surface area contributed by atoms with Crippen LogP contribution < -0.4 is 10.5 Å². The largest absolute Gasteiger partial charge is 0.495 e. The van der Waals surface area contributed by atoms with Crippen molar-refractivity contribution in [2.24, 2.45) is 0 Å². The summed E-state index contributed by atoms with van der Waals surface area (Å²) in [6, 6.07) is 21.0. The number of methoxy groups -OCH3 is 1. The fourth-order valence-electron chi connectivity index (χ4n) is 4.06. The Morgan fingerprint density at radius 1 is 0.808 bits per heavy atom. The van der Waals surface area contributed by atoms with Gasteiger partial charge in [-0.1, -0.05) is 54.6 Å². The third kappa shape index (κ3) is 1.85. The summed E-state index contributed by atoms with van der Waals surface area (Å²) in [7, 11) is 1.65. The predicted octanol–water partition coefficient (Wildman–Crippen LogP) is 5.98. The van der Waals surface area contributed by atoms with E-state index in [0.29, 0.717) is 11.1 Å². The van der Waals surface area contributed by atoms with Crippen molar-refractivity contribution in [1.29, 1.82) is 0 Å². The van der Waals surface area contributed by atoms with Crippen LogP contribution in [-0.4, -0.2) is 7.11 Å². The molecule has 0 unspecified atom stereocenters. The summed E-state index contributed by atoms with van der Waals surface area (Å²) in [5, 5.41) is 5.33. The Labute approximate surface area is 149 Å². The van der Waals surface area contributed by atoms with Crippen molar-refractivity contribution in [2.75, 3.05) is 12.8 Å². The molecule has 2 nitrogen and oxygen atoms in total. The van der Waals surface area contributed by atoms with Gasteiger partial charge in [-0.3, -0.25) is 0 Å². The van der Waals surface area contributed by atoms with Gasteiger partial charge in [0.15, 0.2) is 0 Å². The van der Waals surface area contributed by atoms with Gasteiger partial charge in [-0.05, 0) is 28.3 Å². The van der Waals surface area contributed by atoms with Gasteiger partial charge in [0.05, 0.1) is 7.11 Å². The van der Waals surface area contributed by atoms with E-state index in [-0.39, 0.29) is 5.82 Å². The molecule has 0 amide bonds. The zero-order valence-corrected chi connectivity index (χ0v) is 14.2. The normalized spacial score (nSPS) is 11.6. The van der Waals surface area contributed by atoms with Crippen LogP contribution >= 0.6 is 0 Å². The molecule has 0 atom stereocenters. The minimum Gasteiger partial charge on any atom is -0.495 e. The van der Waals surface area contributed by atoms with Crippen molar-refractivity contribution >= 4 is 38.0 Å².